The minimum Gasteiger partial charge on any atom is -0.0842 e. The molecule has 0 saturated carbocycles. The standard InChI is InChI=1S/C35H30/c1-2-5-13-27(14-6-3-1)28-23-25-32(26-24-28)35(31-17-7-4-8-18-31)33-19-11-9-15-29(33)21-22-30-16-10-12-20-34(30)35/h2,4-20,23-26H,1,3,21-22H2. The van der Waals surface area contributed by atoms with E-state index in [1.54, 1.807) is 0 Å². The lowest BCUT2D eigenvalue weighted by atomic mass is 9.63. The SMILES string of the molecule is C1=CCCC=CC(c2ccc(C3(c4ccccc4)c4ccccc4CCc4ccccc43)cc2)=C1. The molecule has 2 aliphatic carbocycles. The maximum atomic E-state index is 2.36. The van der Waals surface area contributed by atoms with Gasteiger partial charge in [-0.2, -0.15) is 0 Å². The third-order valence-electron chi connectivity index (χ3n) is 7.57. The first kappa shape index (κ1) is 21.6. The predicted octanol–water partition coefficient (Wildman–Crippen LogP) is 8.46. The fraction of sp³-hybridized carbons (Fsp3) is 0.143. The first-order chi connectivity index (χ1) is 17.4. The van der Waals surface area contributed by atoms with Gasteiger partial charge in [-0.1, -0.05) is 134 Å². The third-order valence-corrected chi connectivity index (χ3v) is 7.57. The molecule has 0 heteroatoms. The van der Waals surface area contributed by atoms with Gasteiger partial charge in [-0.25, -0.2) is 0 Å². The molecule has 0 fully saturated rings. The van der Waals surface area contributed by atoms with Gasteiger partial charge >= 0.3 is 0 Å². The van der Waals surface area contributed by atoms with Crippen molar-refractivity contribution in [2.45, 2.75) is 31.1 Å². The molecule has 4 aromatic rings. The predicted molar refractivity (Wildman–Crippen MR) is 148 cm³/mol. The third kappa shape index (κ3) is 3.80. The summed E-state index contributed by atoms with van der Waals surface area (Å²) in [4.78, 5) is 0. The number of rotatable bonds is 3. The van der Waals surface area contributed by atoms with Crippen LogP contribution >= 0.6 is 0 Å². The Morgan fingerprint density at radius 1 is 0.514 bits per heavy atom. The molecule has 6 rings (SSSR count). The van der Waals surface area contributed by atoms with E-state index < -0.39 is 0 Å². The second-order valence-electron chi connectivity index (χ2n) is 9.54. The van der Waals surface area contributed by atoms with E-state index in [2.05, 4.69) is 134 Å². The lowest BCUT2D eigenvalue weighted by molar-refractivity contribution is 0.739. The first-order valence-corrected chi connectivity index (χ1v) is 12.7. The largest absolute Gasteiger partial charge is 0.0842 e. The smallest absolute Gasteiger partial charge is 0.0706 e. The van der Waals surface area contributed by atoms with Crippen molar-refractivity contribution in [2.75, 3.05) is 0 Å². The summed E-state index contributed by atoms with van der Waals surface area (Å²) in [6.07, 6.45) is 15.5. The molecule has 0 radical (unpaired) electrons. The summed E-state index contributed by atoms with van der Waals surface area (Å²) in [5.41, 5.74) is 10.5. The number of benzene rings is 4. The van der Waals surface area contributed by atoms with Crippen LogP contribution in [0.2, 0.25) is 0 Å². The molecule has 0 nitrogen and oxygen atoms in total. The quantitative estimate of drug-likeness (QED) is 0.294. The summed E-state index contributed by atoms with van der Waals surface area (Å²) in [6, 6.07) is 38.6. The maximum Gasteiger partial charge on any atom is 0.0706 e. The summed E-state index contributed by atoms with van der Waals surface area (Å²) >= 11 is 0. The van der Waals surface area contributed by atoms with Crippen LogP contribution in [-0.4, -0.2) is 0 Å². The second kappa shape index (κ2) is 9.39. The van der Waals surface area contributed by atoms with Gasteiger partial charge in [0.05, 0.1) is 5.41 Å². The molecule has 0 N–H and O–H groups in total. The van der Waals surface area contributed by atoms with E-state index in [4.69, 9.17) is 0 Å². The van der Waals surface area contributed by atoms with Crippen LogP contribution in [0.3, 0.4) is 0 Å². The van der Waals surface area contributed by atoms with Crippen LogP contribution in [0, 0.1) is 0 Å². The molecule has 170 valence electrons. The molecule has 0 spiro atoms. The van der Waals surface area contributed by atoms with Crippen molar-refractivity contribution in [3.8, 4) is 0 Å². The van der Waals surface area contributed by atoms with Crippen molar-refractivity contribution in [1.82, 2.24) is 0 Å². The average molecular weight is 451 g/mol. The van der Waals surface area contributed by atoms with Gasteiger partial charge < -0.3 is 0 Å². The Morgan fingerprint density at radius 3 is 1.77 bits per heavy atom. The Morgan fingerprint density at radius 2 is 1.09 bits per heavy atom. The summed E-state index contributed by atoms with van der Waals surface area (Å²) in [5.74, 6) is 0. The van der Waals surface area contributed by atoms with Gasteiger partial charge in [0.1, 0.15) is 0 Å². The number of aryl methyl sites for hydroxylation is 2. The Hall–Kier alpha value is -3.90. The highest BCUT2D eigenvalue weighted by Gasteiger charge is 2.42. The van der Waals surface area contributed by atoms with Gasteiger partial charge in [0, 0.05) is 0 Å². The fourth-order valence-corrected chi connectivity index (χ4v) is 5.93. The molecular formula is C35H30. The molecule has 0 atom stereocenters. The molecule has 2 aliphatic rings. The van der Waals surface area contributed by atoms with Crippen LogP contribution < -0.4 is 0 Å². The highest BCUT2D eigenvalue weighted by molar-refractivity contribution is 5.76. The molecule has 35 heavy (non-hydrogen) atoms. The zero-order valence-corrected chi connectivity index (χ0v) is 20.0. The number of fused-ring (bicyclic) bond motifs is 2. The molecule has 4 aromatic carbocycles. The van der Waals surface area contributed by atoms with Gasteiger partial charge in [-0.3, -0.25) is 0 Å². The zero-order valence-electron chi connectivity index (χ0n) is 20.0. The van der Waals surface area contributed by atoms with E-state index >= 15 is 0 Å². The fourth-order valence-electron chi connectivity index (χ4n) is 5.93. The Balaban J connectivity index is 1.62. The highest BCUT2D eigenvalue weighted by atomic mass is 14.4. The molecule has 0 unspecified atom stereocenters. The average Bonchev–Trinajstić information content (AvgIpc) is 3.05. The summed E-state index contributed by atoms with van der Waals surface area (Å²) in [7, 11) is 0. The lowest BCUT2D eigenvalue weighted by Crippen LogP contribution is -2.32. The van der Waals surface area contributed by atoms with Gasteiger partial charge in [-0.05, 0) is 70.2 Å². The first-order valence-electron chi connectivity index (χ1n) is 12.7. The minimum atomic E-state index is -0.353. The number of hydrogen-bond acceptors (Lipinski definition) is 0. The number of hydrogen-bond donors (Lipinski definition) is 0. The molecular weight excluding hydrogens is 420 g/mol. The maximum absolute atomic E-state index is 2.36. The Bertz CT molecular complexity index is 1370. The molecule has 0 aromatic heterocycles. The van der Waals surface area contributed by atoms with Crippen molar-refractivity contribution in [1.29, 1.82) is 0 Å². The molecule has 0 amide bonds. The van der Waals surface area contributed by atoms with Crippen LogP contribution in [-0.2, 0) is 18.3 Å². The van der Waals surface area contributed by atoms with E-state index in [0.717, 1.165) is 25.7 Å². The topological polar surface area (TPSA) is 0 Å². The van der Waals surface area contributed by atoms with Crippen LogP contribution in [0.1, 0.15) is 51.8 Å². The molecule has 0 aliphatic heterocycles. The monoisotopic (exact) mass is 450 g/mol. The van der Waals surface area contributed by atoms with Crippen molar-refractivity contribution >= 4 is 5.57 Å². The lowest BCUT2D eigenvalue weighted by Gasteiger charge is -2.38. The molecule has 0 bridgehead atoms. The summed E-state index contributed by atoms with van der Waals surface area (Å²) < 4.78 is 0. The van der Waals surface area contributed by atoms with Crippen LogP contribution in [0.25, 0.3) is 5.57 Å². The van der Waals surface area contributed by atoms with E-state index in [9.17, 15) is 0 Å². The molecule has 0 heterocycles. The van der Waals surface area contributed by atoms with Crippen molar-refractivity contribution in [2.24, 2.45) is 0 Å². The van der Waals surface area contributed by atoms with Crippen LogP contribution in [0.15, 0.2) is 134 Å². The van der Waals surface area contributed by atoms with Gasteiger partial charge in [0.15, 0.2) is 0 Å². The van der Waals surface area contributed by atoms with E-state index in [-0.39, 0.29) is 5.41 Å². The highest BCUT2D eigenvalue weighted by Crippen LogP contribution is 2.49. The van der Waals surface area contributed by atoms with Crippen LogP contribution in [0.4, 0.5) is 0 Å². The van der Waals surface area contributed by atoms with Crippen LogP contribution in [0.5, 0.6) is 0 Å². The van der Waals surface area contributed by atoms with Gasteiger partial charge in [0.2, 0.25) is 0 Å². The van der Waals surface area contributed by atoms with Gasteiger partial charge in [-0.15, -0.1) is 0 Å². The summed E-state index contributed by atoms with van der Waals surface area (Å²) in [6.45, 7) is 0. The van der Waals surface area contributed by atoms with Crippen molar-refractivity contribution < 1.29 is 0 Å². The zero-order chi connectivity index (χ0) is 23.5. The van der Waals surface area contributed by atoms with E-state index in [0.29, 0.717) is 0 Å². The summed E-state index contributed by atoms with van der Waals surface area (Å²) in [5, 5.41) is 0. The molecule has 0 saturated heterocycles. The Kier molecular flexibility index (Phi) is 5.80. The van der Waals surface area contributed by atoms with E-state index in [1.807, 2.05) is 0 Å². The van der Waals surface area contributed by atoms with Gasteiger partial charge in [0.25, 0.3) is 0 Å². The van der Waals surface area contributed by atoms with Crippen molar-refractivity contribution in [3.05, 3.63) is 172 Å². The van der Waals surface area contributed by atoms with E-state index in [1.165, 1.54) is 44.5 Å². The number of allylic oxidation sites excluding steroid dienone is 6. The van der Waals surface area contributed by atoms with Crippen molar-refractivity contribution in [3.63, 3.8) is 0 Å². The second-order valence-corrected chi connectivity index (χ2v) is 9.54. The Labute approximate surface area is 209 Å². The normalized spacial score (nSPS) is 16.3. The minimum absolute atomic E-state index is 0.353.